The number of benzene rings is 1. The van der Waals surface area contributed by atoms with E-state index in [0.29, 0.717) is 12.8 Å². The van der Waals surface area contributed by atoms with Gasteiger partial charge in [0.2, 0.25) is 5.91 Å². The van der Waals surface area contributed by atoms with E-state index in [4.69, 9.17) is 5.11 Å². The molecule has 0 aliphatic heterocycles. The second-order valence-electron chi connectivity index (χ2n) is 6.62. The van der Waals surface area contributed by atoms with Crippen LogP contribution in [-0.2, 0) is 24.5 Å². The quantitative estimate of drug-likeness (QED) is 0.708. The van der Waals surface area contributed by atoms with Crippen LogP contribution in [0.2, 0.25) is 0 Å². The zero-order valence-electron chi connectivity index (χ0n) is 13.8. The molecule has 1 aliphatic rings. The first-order valence-corrected chi connectivity index (χ1v) is 11.3. The predicted octanol–water partition coefficient (Wildman–Crippen LogP) is 0.942. The van der Waals surface area contributed by atoms with Crippen molar-refractivity contribution >= 4 is 37.2 Å². The molecule has 2 N–H and O–H groups in total. The third-order valence-electron chi connectivity index (χ3n) is 3.93. The van der Waals surface area contributed by atoms with Gasteiger partial charge in [0.25, 0.3) is 0 Å². The molecule has 25 heavy (non-hydrogen) atoms. The van der Waals surface area contributed by atoms with Crippen LogP contribution in [0.5, 0.6) is 0 Å². The second-order valence-corrected chi connectivity index (χ2v) is 10.8. The van der Waals surface area contributed by atoms with Gasteiger partial charge in [0, 0.05) is 24.6 Å². The van der Waals surface area contributed by atoms with E-state index in [-0.39, 0.29) is 28.3 Å². The highest BCUT2D eigenvalue weighted by molar-refractivity contribution is 7.91. The minimum Gasteiger partial charge on any atom is -0.478 e. The number of carbonyl (C=O) groups excluding carboxylic acids is 1. The van der Waals surface area contributed by atoms with Gasteiger partial charge in [-0.05, 0) is 36.5 Å². The monoisotopic (exact) mass is 389 g/mol. The number of amides is 1. The number of rotatable bonds is 7. The van der Waals surface area contributed by atoms with Crippen molar-refractivity contribution in [3.63, 3.8) is 0 Å². The summed E-state index contributed by atoms with van der Waals surface area (Å²) in [5.41, 5.74) is -0.808. The number of carboxylic acid groups (broad SMARTS) is 1. The maximum Gasteiger partial charge on any atom is 0.335 e. The Kier molecular flexibility index (Phi) is 4.97. The molecule has 1 amide bonds. The lowest BCUT2D eigenvalue weighted by Gasteiger charge is -2.14. The van der Waals surface area contributed by atoms with E-state index in [9.17, 15) is 26.4 Å². The van der Waals surface area contributed by atoms with Crippen LogP contribution in [0, 0.1) is 5.41 Å². The number of carboxylic acids is 1. The van der Waals surface area contributed by atoms with Crippen LogP contribution in [0.4, 0.5) is 5.69 Å². The molecule has 0 aromatic heterocycles. The minimum atomic E-state index is -3.66. The molecule has 8 nitrogen and oxygen atoms in total. The molecular weight excluding hydrogens is 370 g/mol. The molecule has 0 heterocycles. The molecule has 0 spiro atoms. The van der Waals surface area contributed by atoms with Crippen LogP contribution in [-0.4, -0.2) is 52.1 Å². The number of sulfone groups is 2. The lowest BCUT2D eigenvalue weighted by Crippen LogP contribution is -2.23. The summed E-state index contributed by atoms with van der Waals surface area (Å²) in [5.74, 6) is -1.89. The molecule has 1 aromatic carbocycles. The Hall–Kier alpha value is -1.94. The van der Waals surface area contributed by atoms with Crippen LogP contribution in [0.25, 0.3) is 0 Å². The van der Waals surface area contributed by atoms with E-state index in [1.165, 1.54) is 6.07 Å². The van der Waals surface area contributed by atoms with Crippen molar-refractivity contribution in [2.24, 2.45) is 5.41 Å². The summed E-state index contributed by atoms with van der Waals surface area (Å²) in [4.78, 5) is 23.1. The van der Waals surface area contributed by atoms with E-state index in [1.54, 1.807) is 0 Å². The largest absolute Gasteiger partial charge is 0.478 e. The smallest absolute Gasteiger partial charge is 0.335 e. The summed E-state index contributed by atoms with van der Waals surface area (Å²) in [5, 5.41) is 11.6. The first-order valence-electron chi connectivity index (χ1n) is 7.36. The summed E-state index contributed by atoms with van der Waals surface area (Å²) < 4.78 is 46.2. The summed E-state index contributed by atoms with van der Waals surface area (Å²) >= 11 is 0. The molecule has 0 radical (unpaired) electrons. The van der Waals surface area contributed by atoms with Gasteiger partial charge in [-0.3, -0.25) is 4.79 Å². The number of hydrogen-bond donors (Lipinski definition) is 2. The van der Waals surface area contributed by atoms with Crippen molar-refractivity contribution in [3.8, 4) is 0 Å². The van der Waals surface area contributed by atoms with Crippen molar-refractivity contribution in [1.82, 2.24) is 0 Å². The summed E-state index contributed by atoms with van der Waals surface area (Å²) in [6.07, 6.45) is 3.27. The van der Waals surface area contributed by atoms with Crippen molar-refractivity contribution in [1.29, 1.82) is 0 Å². The Labute approximate surface area is 146 Å². The third-order valence-corrected chi connectivity index (χ3v) is 6.16. The van der Waals surface area contributed by atoms with Gasteiger partial charge in [-0.25, -0.2) is 21.6 Å². The average Bonchev–Trinajstić information content (AvgIpc) is 3.13. The van der Waals surface area contributed by atoms with E-state index in [0.717, 1.165) is 24.6 Å². The van der Waals surface area contributed by atoms with Crippen molar-refractivity contribution < 1.29 is 31.5 Å². The minimum absolute atomic E-state index is 0.0222. The number of hydrogen-bond acceptors (Lipinski definition) is 6. The molecule has 0 saturated heterocycles. The van der Waals surface area contributed by atoms with Crippen LogP contribution in [0.1, 0.15) is 29.6 Å². The average molecular weight is 389 g/mol. The summed E-state index contributed by atoms with van der Waals surface area (Å²) in [6.45, 7) is 0. The topological polar surface area (TPSA) is 135 Å². The van der Waals surface area contributed by atoms with Gasteiger partial charge in [-0.2, -0.15) is 0 Å². The predicted molar refractivity (Wildman–Crippen MR) is 91.1 cm³/mol. The van der Waals surface area contributed by atoms with Gasteiger partial charge >= 0.3 is 5.97 Å². The number of carbonyl (C=O) groups is 2. The summed E-state index contributed by atoms with van der Waals surface area (Å²) in [6, 6.07) is 3.35. The highest BCUT2D eigenvalue weighted by Gasteiger charge is 2.46. The normalized spacial score (nSPS) is 16.2. The lowest BCUT2D eigenvalue weighted by atomic mass is 10.0. The molecule has 1 aromatic rings. The SMILES string of the molecule is CS(=O)(=O)CC1(CC(=O)Nc2cc(C(=O)O)cc(S(C)(=O)=O)c2)CC1. The van der Waals surface area contributed by atoms with E-state index in [1.807, 2.05) is 0 Å². The Balaban J connectivity index is 2.21. The van der Waals surface area contributed by atoms with E-state index >= 15 is 0 Å². The molecule has 0 unspecified atom stereocenters. The number of anilines is 1. The van der Waals surface area contributed by atoms with Gasteiger partial charge in [0.15, 0.2) is 9.84 Å². The first-order chi connectivity index (χ1) is 11.3. The number of nitrogens with one attached hydrogen (secondary N) is 1. The molecule has 1 aliphatic carbocycles. The van der Waals surface area contributed by atoms with Gasteiger partial charge in [-0.1, -0.05) is 0 Å². The van der Waals surface area contributed by atoms with Crippen LogP contribution >= 0.6 is 0 Å². The highest BCUT2D eigenvalue weighted by Crippen LogP contribution is 2.49. The maximum atomic E-state index is 12.2. The molecule has 138 valence electrons. The van der Waals surface area contributed by atoms with Crippen LogP contribution < -0.4 is 5.32 Å². The molecule has 1 saturated carbocycles. The number of aromatic carboxylic acids is 1. The third kappa shape index (κ3) is 5.53. The lowest BCUT2D eigenvalue weighted by molar-refractivity contribution is -0.117. The fourth-order valence-electron chi connectivity index (χ4n) is 2.66. The van der Waals surface area contributed by atoms with Crippen molar-refractivity contribution in [2.45, 2.75) is 24.2 Å². The molecule has 10 heteroatoms. The first kappa shape index (κ1) is 19.4. The fraction of sp³-hybridized carbons (Fsp3) is 0.467. The zero-order chi connectivity index (χ0) is 19.0. The maximum absolute atomic E-state index is 12.2. The van der Waals surface area contributed by atoms with Gasteiger partial charge in [0.1, 0.15) is 9.84 Å². The fourth-order valence-corrected chi connectivity index (χ4v) is 4.84. The van der Waals surface area contributed by atoms with E-state index < -0.39 is 37.0 Å². The van der Waals surface area contributed by atoms with Gasteiger partial charge < -0.3 is 10.4 Å². The molecule has 0 bridgehead atoms. The Bertz CT molecular complexity index is 929. The van der Waals surface area contributed by atoms with Crippen molar-refractivity contribution in [2.75, 3.05) is 23.6 Å². The Morgan fingerprint density at radius 2 is 1.72 bits per heavy atom. The molecule has 1 fully saturated rings. The van der Waals surface area contributed by atoms with Crippen LogP contribution in [0.3, 0.4) is 0 Å². The Morgan fingerprint density at radius 1 is 1.12 bits per heavy atom. The molecule has 2 rings (SSSR count). The second kappa shape index (κ2) is 6.41. The summed E-state index contributed by atoms with van der Waals surface area (Å²) in [7, 11) is -6.88. The Morgan fingerprint density at radius 3 is 2.16 bits per heavy atom. The van der Waals surface area contributed by atoms with E-state index in [2.05, 4.69) is 5.32 Å². The van der Waals surface area contributed by atoms with Crippen molar-refractivity contribution in [3.05, 3.63) is 23.8 Å². The molecule has 0 atom stereocenters. The van der Waals surface area contributed by atoms with Gasteiger partial charge in [0.05, 0.1) is 16.2 Å². The standard InChI is InChI=1S/C15H19NO7S2/c1-24(20,21)9-15(3-4-15)8-13(17)16-11-5-10(14(18)19)6-12(7-11)25(2,22)23/h5-7H,3-4,8-9H2,1-2H3,(H,16,17)(H,18,19). The highest BCUT2D eigenvalue weighted by atomic mass is 32.2. The van der Waals surface area contributed by atoms with Gasteiger partial charge in [-0.15, -0.1) is 0 Å². The molecular formula is C15H19NO7S2. The van der Waals surface area contributed by atoms with Crippen LogP contribution in [0.15, 0.2) is 23.1 Å². The zero-order valence-corrected chi connectivity index (χ0v) is 15.4.